The maximum atomic E-state index is 11.3. The molecule has 0 aliphatic carbocycles. The van der Waals surface area contributed by atoms with Gasteiger partial charge < -0.3 is 9.84 Å². The molecule has 0 spiro atoms. The molecule has 0 saturated carbocycles. The van der Waals surface area contributed by atoms with Gasteiger partial charge in [-0.1, -0.05) is 15.9 Å². The minimum absolute atomic E-state index is 0.0370. The molecule has 1 heterocycles. The van der Waals surface area contributed by atoms with Crippen molar-refractivity contribution in [1.29, 1.82) is 0 Å². The van der Waals surface area contributed by atoms with Crippen molar-refractivity contribution in [1.82, 2.24) is 0 Å². The second-order valence-electron chi connectivity index (χ2n) is 3.75. The zero-order valence-electron chi connectivity index (χ0n) is 8.50. The molecule has 0 saturated heterocycles. The van der Waals surface area contributed by atoms with E-state index in [0.29, 0.717) is 11.3 Å². The van der Waals surface area contributed by atoms with Crippen LogP contribution in [-0.4, -0.2) is 17.0 Å². The van der Waals surface area contributed by atoms with Gasteiger partial charge in [-0.05, 0) is 19.9 Å². The molecule has 1 aromatic rings. The zero-order chi connectivity index (χ0) is 11.2. The van der Waals surface area contributed by atoms with Crippen molar-refractivity contribution in [2.75, 3.05) is 0 Å². The molecule has 0 radical (unpaired) electrons. The number of hydrogen-bond donors (Lipinski definition) is 1. The van der Waals surface area contributed by atoms with Crippen molar-refractivity contribution in [3.63, 3.8) is 0 Å². The molecule has 0 bridgehead atoms. The van der Waals surface area contributed by atoms with Gasteiger partial charge in [0.1, 0.15) is 6.10 Å². The molecule has 1 N–H and O–H groups in total. The lowest BCUT2D eigenvalue weighted by Crippen LogP contribution is -2.05. The van der Waals surface area contributed by atoms with Crippen molar-refractivity contribution >= 4 is 21.7 Å². The van der Waals surface area contributed by atoms with Crippen molar-refractivity contribution in [2.24, 2.45) is 0 Å². The number of halogens is 1. The van der Waals surface area contributed by atoms with Crippen molar-refractivity contribution in [2.45, 2.75) is 26.4 Å². The summed E-state index contributed by atoms with van der Waals surface area (Å²) in [5, 5.41) is 9.86. The van der Waals surface area contributed by atoms with Crippen LogP contribution in [0.3, 0.4) is 0 Å². The highest BCUT2D eigenvalue weighted by Gasteiger charge is 2.27. The quantitative estimate of drug-likeness (QED) is 0.799. The van der Waals surface area contributed by atoms with E-state index in [4.69, 9.17) is 4.74 Å². The van der Waals surface area contributed by atoms with Crippen LogP contribution in [0.25, 0.3) is 0 Å². The Morgan fingerprint density at radius 2 is 2.33 bits per heavy atom. The molecule has 4 heteroatoms. The Morgan fingerprint density at radius 3 is 2.93 bits per heavy atom. The molecule has 1 aliphatic rings. The number of aromatic hydroxyl groups is 1. The maximum absolute atomic E-state index is 11.3. The van der Waals surface area contributed by atoms with Crippen molar-refractivity contribution in [3.05, 3.63) is 21.7 Å². The Balaban J connectivity index is 2.63. The van der Waals surface area contributed by atoms with E-state index in [1.807, 2.05) is 6.92 Å². The third-order valence-corrected chi connectivity index (χ3v) is 3.20. The highest BCUT2D eigenvalue weighted by molar-refractivity contribution is 9.10. The van der Waals surface area contributed by atoms with Crippen LogP contribution in [0.4, 0.5) is 0 Å². The molecule has 15 heavy (non-hydrogen) atoms. The molecule has 0 fully saturated rings. The van der Waals surface area contributed by atoms with Gasteiger partial charge in [-0.25, -0.2) is 0 Å². The number of phenols is 1. The van der Waals surface area contributed by atoms with E-state index in [1.54, 1.807) is 6.07 Å². The van der Waals surface area contributed by atoms with E-state index < -0.39 is 0 Å². The Labute approximate surface area is 96.2 Å². The largest absolute Gasteiger partial charge is 0.504 e. The number of carbonyl (C=O) groups excluding carboxylic acids is 1. The molecular weight excluding hydrogens is 260 g/mol. The predicted octanol–water partition coefficient (Wildman–Crippen LogP) is 2.68. The molecule has 2 rings (SSSR count). The molecule has 1 atom stereocenters. The monoisotopic (exact) mass is 270 g/mol. The summed E-state index contributed by atoms with van der Waals surface area (Å²) in [5.41, 5.74) is 1.24. The number of ether oxygens (including phenoxy) is 1. The molecule has 3 nitrogen and oxygen atoms in total. The molecule has 1 aromatic carbocycles. The van der Waals surface area contributed by atoms with Crippen LogP contribution in [0.1, 0.15) is 29.8 Å². The minimum Gasteiger partial charge on any atom is -0.504 e. The van der Waals surface area contributed by atoms with E-state index in [9.17, 15) is 9.90 Å². The topological polar surface area (TPSA) is 46.5 Å². The average Bonchev–Trinajstić information content (AvgIpc) is 2.53. The number of fused-ring (bicyclic) bond motifs is 1. The number of hydrogen-bond acceptors (Lipinski definition) is 3. The summed E-state index contributed by atoms with van der Waals surface area (Å²) in [4.78, 5) is 11.3. The van der Waals surface area contributed by atoms with Gasteiger partial charge in [0, 0.05) is 16.5 Å². The van der Waals surface area contributed by atoms with Gasteiger partial charge in [-0.3, -0.25) is 4.79 Å². The lowest BCUT2D eigenvalue weighted by Gasteiger charge is -2.08. The normalized spacial score (nSPS) is 18.5. The summed E-state index contributed by atoms with van der Waals surface area (Å²) >= 11 is 3.38. The fraction of sp³-hybridized carbons (Fsp3) is 0.364. The van der Waals surface area contributed by atoms with Gasteiger partial charge in [-0.2, -0.15) is 0 Å². The van der Waals surface area contributed by atoms with Crippen LogP contribution in [0.2, 0.25) is 0 Å². The Morgan fingerprint density at radius 1 is 1.67 bits per heavy atom. The highest BCUT2D eigenvalue weighted by atomic mass is 79.9. The molecule has 80 valence electrons. The Kier molecular flexibility index (Phi) is 2.46. The summed E-state index contributed by atoms with van der Waals surface area (Å²) in [5.74, 6) is 0.242. The second-order valence-corrected chi connectivity index (χ2v) is 4.61. The van der Waals surface area contributed by atoms with Crippen molar-refractivity contribution < 1.29 is 14.6 Å². The summed E-state index contributed by atoms with van der Waals surface area (Å²) in [7, 11) is 0. The minimum atomic E-state index is -0.167. The van der Waals surface area contributed by atoms with E-state index in [-0.39, 0.29) is 17.6 Å². The Hall–Kier alpha value is -1.03. The second kappa shape index (κ2) is 3.52. The van der Waals surface area contributed by atoms with E-state index in [0.717, 1.165) is 16.5 Å². The Bertz CT molecular complexity index is 440. The molecule has 0 aromatic heterocycles. The van der Waals surface area contributed by atoms with Gasteiger partial charge in [0.05, 0.1) is 5.56 Å². The number of ketones is 1. The van der Waals surface area contributed by atoms with Gasteiger partial charge >= 0.3 is 0 Å². The fourth-order valence-electron chi connectivity index (χ4n) is 1.77. The van der Waals surface area contributed by atoms with E-state index >= 15 is 0 Å². The van der Waals surface area contributed by atoms with Crippen LogP contribution in [0.15, 0.2) is 10.5 Å². The number of Topliss-reactive ketones (excluding diaryl/α,β-unsaturated/α-hetero) is 1. The number of phenolic OH excluding ortho intramolecular Hbond substituents is 1. The van der Waals surface area contributed by atoms with Gasteiger partial charge in [0.2, 0.25) is 0 Å². The smallest absolute Gasteiger partial charge is 0.169 e. The lowest BCUT2D eigenvalue weighted by atomic mass is 10.0. The van der Waals surface area contributed by atoms with Gasteiger partial charge in [-0.15, -0.1) is 0 Å². The van der Waals surface area contributed by atoms with Gasteiger partial charge in [0.15, 0.2) is 17.3 Å². The number of benzene rings is 1. The molecule has 0 amide bonds. The zero-order valence-corrected chi connectivity index (χ0v) is 10.1. The van der Waals surface area contributed by atoms with Crippen LogP contribution in [-0.2, 0) is 6.42 Å². The first-order valence-corrected chi connectivity index (χ1v) is 5.52. The highest BCUT2D eigenvalue weighted by Crippen LogP contribution is 2.43. The lowest BCUT2D eigenvalue weighted by molar-refractivity contribution is 0.101. The number of rotatable bonds is 1. The summed E-state index contributed by atoms with van der Waals surface area (Å²) < 4.78 is 6.30. The van der Waals surface area contributed by atoms with Crippen molar-refractivity contribution in [3.8, 4) is 11.5 Å². The third-order valence-electron chi connectivity index (χ3n) is 2.49. The van der Waals surface area contributed by atoms with Crippen LogP contribution < -0.4 is 4.74 Å². The molecule has 1 aliphatic heterocycles. The van der Waals surface area contributed by atoms with Crippen LogP contribution in [0, 0.1) is 0 Å². The maximum Gasteiger partial charge on any atom is 0.169 e. The SMILES string of the molecule is CC(=O)c1cc(Br)c2c(c1O)OC(C)C2. The summed E-state index contributed by atoms with van der Waals surface area (Å²) in [6.45, 7) is 3.35. The molecular formula is C11H11BrO3. The van der Waals surface area contributed by atoms with Crippen LogP contribution >= 0.6 is 15.9 Å². The standard InChI is InChI=1S/C11H11BrO3/c1-5-3-8-9(12)4-7(6(2)13)10(14)11(8)15-5/h4-5,14H,3H2,1-2H3. The third kappa shape index (κ3) is 1.63. The number of carbonyl (C=O) groups is 1. The first-order valence-electron chi connectivity index (χ1n) is 4.72. The molecule has 1 unspecified atom stereocenters. The average molecular weight is 271 g/mol. The van der Waals surface area contributed by atoms with E-state index in [2.05, 4.69) is 15.9 Å². The first kappa shape index (κ1) is 10.5. The fourth-order valence-corrected chi connectivity index (χ4v) is 2.34. The van der Waals surface area contributed by atoms with Gasteiger partial charge in [0.25, 0.3) is 0 Å². The van der Waals surface area contributed by atoms with E-state index in [1.165, 1.54) is 6.92 Å². The summed E-state index contributed by atoms with van der Waals surface area (Å²) in [6.07, 6.45) is 0.797. The predicted molar refractivity (Wildman–Crippen MR) is 59.6 cm³/mol. The summed E-state index contributed by atoms with van der Waals surface area (Å²) in [6, 6.07) is 1.65. The first-order chi connectivity index (χ1) is 7.00. The van der Waals surface area contributed by atoms with Crippen LogP contribution in [0.5, 0.6) is 11.5 Å².